The summed E-state index contributed by atoms with van der Waals surface area (Å²) < 4.78 is 55.2. The maximum absolute atomic E-state index is 15.6. The molecule has 0 bridgehead atoms. The van der Waals surface area contributed by atoms with Gasteiger partial charge in [0.05, 0.1) is 38.1 Å². The molecule has 13 heteroatoms. The number of rotatable bonds is 12. The number of aliphatic hydroxyl groups is 1. The lowest BCUT2D eigenvalue weighted by atomic mass is 9.89. The van der Waals surface area contributed by atoms with E-state index in [2.05, 4.69) is 15.2 Å². The van der Waals surface area contributed by atoms with Gasteiger partial charge in [-0.25, -0.2) is 22.1 Å². The molecule has 3 aromatic rings. The van der Waals surface area contributed by atoms with Crippen molar-refractivity contribution >= 4 is 43.8 Å². The predicted molar refractivity (Wildman–Crippen MR) is 156 cm³/mol. The molecule has 40 heavy (non-hydrogen) atoms. The molecular weight excluding hydrogens is 579 g/mol. The van der Waals surface area contributed by atoms with Crippen LogP contribution in [0.15, 0.2) is 46.8 Å². The minimum atomic E-state index is -4.43. The second-order valence-electron chi connectivity index (χ2n) is 9.57. The van der Waals surface area contributed by atoms with Crippen molar-refractivity contribution in [3.63, 3.8) is 0 Å². The van der Waals surface area contributed by atoms with E-state index in [1.54, 1.807) is 23.6 Å². The number of ether oxygens (including phenoxy) is 2. The van der Waals surface area contributed by atoms with E-state index in [-0.39, 0.29) is 35.4 Å². The van der Waals surface area contributed by atoms with Crippen molar-refractivity contribution in [1.82, 2.24) is 9.88 Å². The van der Waals surface area contributed by atoms with Gasteiger partial charge in [0.1, 0.15) is 22.2 Å². The number of anilines is 2. The molecule has 1 saturated carbocycles. The summed E-state index contributed by atoms with van der Waals surface area (Å²) in [6.45, 7) is 0.411. The first-order valence-electron chi connectivity index (χ1n) is 12.9. The van der Waals surface area contributed by atoms with Crippen LogP contribution in [0.1, 0.15) is 31.2 Å². The van der Waals surface area contributed by atoms with Gasteiger partial charge in [-0.2, -0.15) is 0 Å². The van der Waals surface area contributed by atoms with Crippen molar-refractivity contribution in [3.05, 3.63) is 58.3 Å². The van der Waals surface area contributed by atoms with Crippen LogP contribution in [0.5, 0.6) is 11.5 Å². The number of likely N-dealkylation sites (N-methyl/N-ethyl adjacent to an activating group) is 1. The van der Waals surface area contributed by atoms with Crippen LogP contribution in [0.25, 0.3) is 0 Å². The molecule has 1 aliphatic rings. The SMILES string of the molecule is COc1ccc(CN(c2nccs2)S(=O)(=O)c2cc(Cl)c(N[C@H]3CCCC[C@@H]3N(C)CCO)cc2F)c(OC)c1. The number of hydrogen-bond acceptors (Lipinski definition) is 9. The average molecular weight is 613 g/mol. The summed E-state index contributed by atoms with van der Waals surface area (Å²) >= 11 is 7.69. The summed E-state index contributed by atoms with van der Waals surface area (Å²) in [6.07, 6.45) is 5.32. The van der Waals surface area contributed by atoms with E-state index < -0.39 is 20.7 Å². The summed E-state index contributed by atoms with van der Waals surface area (Å²) in [5.74, 6) is 0.0431. The molecule has 2 aromatic carbocycles. The first kappa shape index (κ1) is 30.3. The Labute approximate surface area is 243 Å². The molecule has 1 aromatic heterocycles. The summed E-state index contributed by atoms with van der Waals surface area (Å²) in [6, 6.07) is 7.42. The molecule has 0 spiro atoms. The highest BCUT2D eigenvalue weighted by Gasteiger charge is 2.33. The summed E-state index contributed by atoms with van der Waals surface area (Å²) in [5, 5.41) is 14.6. The second-order valence-corrected chi connectivity index (χ2v) is 12.7. The fourth-order valence-corrected chi connectivity index (χ4v) is 7.64. The molecule has 0 saturated heterocycles. The lowest BCUT2D eigenvalue weighted by molar-refractivity contribution is 0.143. The third kappa shape index (κ3) is 6.63. The second kappa shape index (κ2) is 13.3. The highest BCUT2D eigenvalue weighted by molar-refractivity contribution is 7.93. The average Bonchev–Trinajstić information content (AvgIpc) is 3.48. The monoisotopic (exact) mass is 612 g/mol. The van der Waals surface area contributed by atoms with E-state index in [1.807, 2.05) is 7.05 Å². The van der Waals surface area contributed by atoms with Crippen LogP contribution in [0.2, 0.25) is 5.02 Å². The Bertz CT molecular complexity index is 1390. The number of sulfonamides is 1. The Hall–Kier alpha value is -2.64. The molecule has 4 rings (SSSR count). The van der Waals surface area contributed by atoms with Crippen molar-refractivity contribution in [1.29, 1.82) is 0 Å². The van der Waals surface area contributed by atoms with E-state index in [4.69, 9.17) is 21.1 Å². The highest BCUT2D eigenvalue weighted by Crippen LogP contribution is 2.36. The van der Waals surface area contributed by atoms with Gasteiger partial charge in [0.15, 0.2) is 5.13 Å². The molecular formula is C27H34ClFN4O5S2. The third-order valence-electron chi connectivity index (χ3n) is 7.12. The standard InChI is InChI=1S/C27H34ClFN4O5S2/c1-32(11-12-34)24-7-5-4-6-22(24)31-23-16-21(29)26(15-20(23)28)40(35,36)33(27-30-10-13-39-27)17-18-8-9-19(37-2)14-25(18)38-3/h8-10,13-16,22,24,31,34H,4-7,11-12,17H2,1-3H3/t22-,24-/m0/s1. The van der Waals surface area contributed by atoms with Crippen LogP contribution in [-0.4, -0.2) is 69.9 Å². The Balaban J connectivity index is 1.66. The molecule has 0 aliphatic heterocycles. The Morgan fingerprint density at radius 1 is 1.20 bits per heavy atom. The number of methoxy groups -OCH3 is 2. The van der Waals surface area contributed by atoms with E-state index in [0.29, 0.717) is 29.3 Å². The molecule has 0 radical (unpaired) electrons. The number of aliphatic hydroxyl groups excluding tert-OH is 1. The van der Waals surface area contributed by atoms with Gasteiger partial charge in [-0.3, -0.25) is 4.90 Å². The number of nitrogens with one attached hydrogen (secondary N) is 1. The first-order valence-corrected chi connectivity index (χ1v) is 15.6. The van der Waals surface area contributed by atoms with Crippen LogP contribution in [-0.2, 0) is 16.6 Å². The van der Waals surface area contributed by atoms with Gasteiger partial charge in [-0.15, -0.1) is 11.3 Å². The molecule has 218 valence electrons. The van der Waals surface area contributed by atoms with Gasteiger partial charge < -0.3 is 19.9 Å². The maximum Gasteiger partial charge on any atom is 0.269 e. The van der Waals surface area contributed by atoms with Crippen LogP contribution < -0.4 is 19.1 Å². The summed E-state index contributed by atoms with van der Waals surface area (Å²) in [4.78, 5) is 5.72. The third-order valence-corrected chi connectivity index (χ3v) is 10.1. The van der Waals surface area contributed by atoms with Gasteiger partial charge in [0.25, 0.3) is 10.0 Å². The zero-order chi connectivity index (χ0) is 28.9. The highest BCUT2D eigenvalue weighted by atomic mass is 35.5. The van der Waals surface area contributed by atoms with Gasteiger partial charge >= 0.3 is 0 Å². The summed E-state index contributed by atoms with van der Waals surface area (Å²) in [7, 11) is 0.520. The number of hydrogen-bond donors (Lipinski definition) is 2. The molecule has 0 unspecified atom stereocenters. The lowest BCUT2D eigenvalue weighted by Crippen LogP contribution is -2.48. The zero-order valence-corrected chi connectivity index (χ0v) is 25.0. The number of halogens is 2. The van der Waals surface area contributed by atoms with Gasteiger partial charge in [-0.1, -0.05) is 24.4 Å². The van der Waals surface area contributed by atoms with Crippen molar-refractivity contribution in [2.24, 2.45) is 0 Å². The minimum absolute atomic E-state index is 0.0287. The van der Waals surface area contributed by atoms with E-state index in [0.717, 1.165) is 53.5 Å². The van der Waals surface area contributed by atoms with Gasteiger partial charge in [0.2, 0.25) is 0 Å². The van der Waals surface area contributed by atoms with E-state index >= 15 is 4.39 Å². The van der Waals surface area contributed by atoms with Gasteiger partial charge in [-0.05, 0) is 44.2 Å². The number of benzene rings is 2. The topological polar surface area (TPSA) is 104 Å². The summed E-state index contributed by atoms with van der Waals surface area (Å²) in [5.41, 5.74) is 0.868. The van der Waals surface area contributed by atoms with Crippen molar-refractivity contribution in [3.8, 4) is 11.5 Å². The minimum Gasteiger partial charge on any atom is -0.497 e. The number of aromatic nitrogens is 1. The fourth-order valence-electron chi connectivity index (χ4n) is 5.02. The Kier molecular flexibility index (Phi) is 10.1. The van der Waals surface area contributed by atoms with Crippen LogP contribution in [0.4, 0.5) is 15.2 Å². The largest absolute Gasteiger partial charge is 0.497 e. The molecule has 0 amide bonds. The predicted octanol–water partition coefficient (Wildman–Crippen LogP) is 5.00. The normalized spacial score (nSPS) is 17.6. The fraction of sp³-hybridized carbons (Fsp3) is 0.444. The van der Waals surface area contributed by atoms with Gasteiger partial charge in [0, 0.05) is 41.8 Å². The Morgan fingerprint density at radius 3 is 2.65 bits per heavy atom. The van der Waals surface area contributed by atoms with E-state index in [9.17, 15) is 13.5 Å². The maximum atomic E-state index is 15.6. The number of nitrogens with zero attached hydrogens (tertiary/aromatic N) is 3. The quantitative estimate of drug-likeness (QED) is 0.295. The smallest absolute Gasteiger partial charge is 0.269 e. The molecule has 1 aliphatic carbocycles. The zero-order valence-electron chi connectivity index (χ0n) is 22.6. The van der Waals surface area contributed by atoms with Crippen molar-refractivity contribution in [2.45, 2.75) is 49.2 Å². The molecule has 9 nitrogen and oxygen atoms in total. The molecule has 2 N–H and O–H groups in total. The Morgan fingerprint density at radius 2 is 1.98 bits per heavy atom. The van der Waals surface area contributed by atoms with Crippen LogP contribution in [0.3, 0.4) is 0 Å². The molecule has 2 atom stereocenters. The first-order chi connectivity index (χ1) is 19.2. The van der Waals surface area contributed by atoms with Crippen LogP contribution >= 0.6 is 22.9 Å². The van der Waals surface area contributed by atoms with E-state index in [1.165, 1.54) is 20.4 Å². The molecule has 1 fully saturated rings. The molecule has 1 heterocycles. The lowest BCUT2D eigenvalue weighted by Gasteiger charge is -2.39. The number of thiazole rings is 1. The van der Waals surface area contributed by atoms with Crippen molar-refractivity contribution in [2.75, 3.05) is 44.0 Å². The van der Waals surface area contributed by atoms with Crippen molar-refractivity contribution < 1.29 is 27.4 Å². The van der Waals surface area contributed by atoms with Crippen LogP contribution in [0, 0.1) is 5.82 Å².